The van der Waals surface area contributed by atoms with Crippen LogP contribution < -0.4 is 11.5 Å². The zero-order chi connectivity index (χ0) is 8.59. The predicted octanol–water partition coefficient (Wildman–Crippen LogP) is -2.26. The number of ether oxygens (including phenoxy) is 1. The Morgan fingerprint density at radius 2 is 1.73 bits per heavy atom. The van der Waals surface area contributed by atoms with Gasteiger partial charge >= 0.3 is 0 Å². The second kappa shape index (κ2) is 3.04. The summed E-state index contributed by atoms with van der Waals surface area (Å²) in [5.74, 6) is 0. The third-order valence-electron chi connectivity index (χ3n) is 2.00. The quantitative estimate of drug-likeness (QED) is 0.322. The molecular formula is C6H14N2O3. The first-order chi connectivity index (χ1) is 5.04. The average Bonchev–Trinajstić information content (AvgIpc) is 1.97. The zero-order valence-electron chi connectivity index (χ0n) is 6.34. The Kier molecular flexibility index (Phi) is 2.46. The molecule has 5 atom stereocenters. The number of aliphatic hydroxyl groups is 2. The Labute approximate surface area is 64.9 Å². The summed E-state index contributed by atoms with van der Waals surface area (Å²) in [7, 11) is 0. The van der Waals surface area contributed by atoms with Crippen LogP contribution in [0.5, 0.6) is 0 Å². The van der Waals surface area contributed by atoms with Gasteiger partial charge in [0, 0.05) is 0 Å². The summed E-state index contributed by atoms with van der Waals surface area (Å²) in [6, 6.07) is -1.32. The highest BCUT2D eigenvalue weighted by atomic mass is 16.6. The maximum atomic E-state index is 9.29. The van der Waals surface area contributed by atoms with Crippen LogP contribution in [-0.2, 0) is 4.74 Å². The maximum absolute atomic E-state index is 9.29. The molecular weight excluding hydrogens is 148 g/mol. The van der Waals surface area contributed by atoms with Gasteiger partial charge < -0.3 is 26.4 Å². The Hall–Kier alpha value is -0.200. The van der Waals surface area contributed by atoms with Gasteiger partial charge in [0.1, 0.15) is 0 Å². The van der Waals surface area contributed by atoms with E-state index in [1.165, 1.54) is 0 Å². The van der Waals surface area contributed by atoms with Gasteiger partial charge in [-0.05, 0) is 6.92 Å². The minimum atomic E-state index is -1.07. The molecule has 0 amide bonds. The Balaban J connectivity index is 2.63. The van der Waals surface area contributed by atoms with Gasteiger partial charge in [0.25, 0.3) is 0 Å². The molecule has 0 saturated carbocycles. The monoisotopic (exact) mass is 162 g/mol. The molecule has 66 valence electrons. The molecule has 1 fully saturated rings. The van der Waals surface area contributed by atoms with Crippen molar-refractivity contribution >= 4 is 0 Å². The second-order valence-corrected chi connectivity index (χ2v) is 2.88. The molecule has 0 spiro atoms. The van der Waals surface area contributed by atoms with Crippen LogP contribution in [0.4, 0.5) is 0 Å². The summed E-state index contributed by atoms with van der Waals surface area (Å²) < 4.78 is 4.88. The fraction of sp³-hybridized carbons (Fsp3) is 1.00. The minimum Gasteiger partial charge on any atom is -0.389 e. The summed E-state index contributed by atoms with van der Waals surface area (Å²) in [6.45, 7) is 1.64. The molecule has 0 aromatic carbocycles. The molecule has 1 rings (SSSR count). The van der Waals surface area contributed by atoms with Crippen LogP contribution in [-0.4, -0.2) is 40.8 Å². The highest BCUT2D eigenvalue weighted by molar-refractivity contribution is 4.92. The lowest BCUT2D eigenvalue weighted by Gasteiger charge is -2.38. The van der Waals surface area contributed by atoms with Crippen molar-refractivity contribution in [3.8, 4) is 0 Å². The topological polar surface area (TPSA) is 102 Å². The van der Waals surface area contributed by atoms with Crippen LogP contribution in [0.1, 0.15) is 6.92 Å². The van der Waals surface area contributed by atoms with Gasteiger partial charge in [-0.3, -0.25) is 0 Å². The highest BCUT2D eigenvalue weighted by Crippen LogP contribution is 2.15. The van der Waals surface area contributed by atoms with E-state index < -0.39 is 30.6 Å². The van der Waals surface area contributed by atoms with Gasteiger partial charge in [0.2, 0.25) is 0 Å². The first-order valence-electron chi connectivity index (χ1n) is 3.57. The van der Waals surface area contributed by atoms with E-state index in [0.29, 0.717) is 0 Å². The molecule has 5 heteroatoms. The van der Waals surface area contributed by atoms with Crippen molar-refractivity contribution in [1.82, 2.24) is 0 Å². The molecule has 0 aromatic heterocycles. The molecule has 0 aliphatic carbocycles. The van der Waals surface area contributed by atoms with Crippen LogP contribution in [0.15, 0.2) is 0 Å². The van der Waals surface area contributed by atoms with Crippen LogP contribution in [0.25, 0.3) is 0 Å². The molecule has 0 aromatic rings. The molecule has 5 nitrogen and oxygen atoms in total. The number of nitrogens with two attached hydrogens (primary N) is 2. The van der Waals surface area contributed by atoms with Gasteiger partial charge in [0.15, 0.2) is 6.29 Å². The van der Waals surface area contributed by atoms with Gasteiger partial charge in [-0.1, -0.05) is 0 Å². The molecule has 1 aliphatic heterocycles. The number of hydrogen-bond acceptors (Lipinski definition) is 5. The van der Waals surface area contributed by atoms with E-state index in [1.54, 1.807) is 6.92 Å². The van der Waals surface area contributed by atoms with Crippen molar-refractivity contribution in [1.29, 1.82) is 0 Å². The third kappa shape index (κ3) is 1.52. The van der Waals surface area contributed by atoms with Crippen molar-refractivity contribution in [3.63, 3.8) is 0 Å². The average molecular weight is 162 g/mol. The molecule has 11 heavy (non-hydrogen) atoms. The van der Waals surface area contributed by atoms with Crippen LogP contribution >= 0.6 is 0 Å². The molecule has 0 bridgehead atoms. The van der Waals surface area contributed by atoms with E-state index >= 15 is 0 Å². The first-order valence-corrected chi connectivity index (χ1v) is 3.57. The number of rotatable bonds is 0. The van der Waals surface area contributed by atoms with Crippen LogP contribution in [0.2, 0.25) is 0 Å². The van der Waals surface area contributed by atoms with Crippen molar-refractivity contribution in [2.45, 2.75) is 37.5 Å². The lowest BCUT2D eigenvalue weighted by molar-refractivity contribution is -0.207. The largest absolute Gasteiger partial charge is 0.389 e. The van der Waals surface area contributed by atoms with E-state index in [4.69, 9.17) is 21.3 Å². The molecule has 1 heterocycles. The van der Waals surface area contributed by atoms with E-state index in [2.05, 4.69) is 0 Å². The van der Waals surface area contributed by atoms with E-state index in [1.807, 2.05) is 0 Å². The summed E-state index contributed by atoms with van der Waals surface area (Å²) in [6.07, 6.45) is -2.32. The summed E-state index contributed by atoms with van der Waals surface area (Å²) in [4.78, 5) is 0. The smallest absolute Gasteiger partial charge is 0.171 e. The molecule has 6 N–H and O–H groups in total. The standard InChI is InChI=1S/C6H14N2O3/c1-2-5(9)3(7)4(8)6(10)11-2/h2-6,9-10H,7-8H2,1H3/t2-,3+,4-,5-,6-/m1/s1. The van der Waals surface area contributed by atoms with Crippen LogP contribution in [0, 0.1) is 0 Å². The Bertz CT molecular complexity index is 130. The van der Waals surface area contributed by atoms with E-state index in [0.717, 1.165) is 0 Å². The van der Waals surface area contributed by atoms with Gasteiger partial charge in [-0.25, -0.2) is 0 Å². The molecule has 0 radical (unpaired) electrons. The lowest BCUT2D eigenvalue weighted by Crippen LogP contribution is -2.63. The van der Waals surface area contributed by atoms with E-state index in [9.17, 15) is 5.11 Å². The normalized spacial score (nSPS) is 52.6. The van der Waals surface area contributed by atoms with Crippen molar-refractivity contribution in [2.75, 3.05) is 0 Å². The number of aliphatic hydroxyl groups excluding tert-OH is 2. The van der Waals surface area contributed by atoms with Gasteiger partial charge in [0.05, 0.1) is 24.3 Å². The SMILES string of the molecule is C[C@H]1O[C@@H](O)[C@H](N)[C@H](N)[C@@H]1O. The van der Waals surface area contributed by atoms with Crippen LogP contribution in [0.3, 0.4) is 0 Å². The first kappa shape index (κ1) is 8.89. The minimum absolute atomic E-state index is 0.459. The third-order valence-corrected chi connectivity index (χ3v) is 2.00. The highest BCUT2D eigenvalue weighted by Gasteiger charge is 2.38. The fourth-order valence-corrected chi connectivity index (χ4v) is 1.12. The van der Waals surface area contributed by atoms with Crippen molar-refractivity contribution in [3.05, 3.63) is 0 Å². The van der Waals surface area contributed by atoms with Gasteiger partial charge in [-0.15, -0.1) is 0 Å². The predicted molar refractivity (Wildman–Crippen MR) is 38.5 cm³/mol. The Morgan fingerprint density at radius 1 is 1.18 bits per heavy atom. The summed E-state index contributed by atoms with van der Waals surface area (Å²) in [5.41, 5.74) is 10.9. The van der Waals surface area contributed by atoms with Crippen molar-refractivity contribution in [2.24, 2.45) is 11.5 Å². The zero-order valence-corrected chi connectivity index (χ0v) is 6.34. The molecule has 1 aliphatic rings. The summed E-state index contributed by atoms with van der Waals surface area (Å²) >= 11 is 0. The fourth-order valence-electron chi connectivity index (χ4n) is 1.12. The summed E-state index contributed by atoms with van der Waals surface area (Å²) in [5, 5.41) is 18.4. The molecule has 1 saturated heterocycles. The Morgan fingerprint density at radius 3 is 2.27 bits per heavy atom. The van der Waals surface area contributed by atoms with E-state index in [-0.39, 0.29) is 0 Å². The lowest BCUT2D eigenvalue weighted by atomic mass is 9.97. The number of hydrogen-bond donors (Lipinski definition) is 4. The van der Waals surface area contributed by atoms with Gasteiger partial charge in [-0.2, -0.15) is 0 Å². The second-order valence-electron chi connectivity index (χ2n) is 2.88. The maximum Gasteiger partial charge on any atom is 0.171 e. The van der Waals surface area contributed by atoms with Crippen molar-refractivity contribution < 1.29 is 14.9 Å². The molecule has 0 unspecified atom stereocenters.